The molecule has 1 aromatic rings. The van der Waals surface area contributed by atoms with Crippen LogP contribution in [0.2, 0.25) is 0 Å². The molecule has 6 atom stereocenters. The van der Waals surface area contributed by atoms with Gasteiger partial charge in [0.25, 0.3) is 5.91 Å². The van der Waals surface area contributed by atoms with E-state index in [1.807, 2.05) is 0 Å². The Kier molecular flexibility index (Phi) is 7.45. The fourth-order valence-electron chi connectivity index (χ4n) is 7.40. The summed E-state index contributed by atoms with van der Waals surface area (Å²) in [6.07, 6.45) is -7.70. The van der Waals surface area contributed by atoms with Gasteiger partial charge in [-0.05, 0) is 38.4 Å². The summed E-state index contributed by atoms with van der Waals surface area (Å²) in [5, 5.41) is 67.0. The number of halogens is 3. The number of benzene rings is 1. The number of ketones is 2. The minimum absolute atomic E-state index is 0.0765. The molecule has 1 aromatic carbocycles. The van der Waals surface area contributed by atoms with Gasteiger partial charge in [-0.3, -0.25) is 24.2 Å². The standard InChI is InChI=1S/C29H34F3N3O9/c1-11-13-5-4-12(10-35-8-6-27(43,7-9-35)29(30,31)32)20(36)15(13)21(37)16-14(11)22(38)18-19(34(2)3)23(39)17(26(33)42)25(41)28(18,44)24(16)40/h4-5,11,14,18-19,22,36,38-40,43-44H,6-10H2,1-3H3,(H2,33,42)/t11-,14+,18+,19-,22-,28-/m0/s1. The van der Waals surface area contributed by atoms with E-state index in [0.717, 1.165) is 0 Å². The van der Waals surface area contributed by atoms with Gasteiger partial charge >= 0.3 is 6.18 Å². The number of Topliss-reactive ketones (excluding diaryl/α,β-unsaturated/α-hetero) is 2. The van der Waals surface area contributed by atoms with Gasteiger partial charge in [-0.25, -0.2) is 0 Å². The van der Waals surface area contributed by atoms with Gasteiger partial charge in [-0.1, -0.05) is 19.1 Å². The zero-order chi connectivity index (χ0) is 32.8. The highest BCUT2D eigenvalue weighted by atomic mass is 19.4. The summed E-state index contributed by atoms with van der Waals surface area (Å²) >= 11 is 0. The molecule has 0 aromatic heterocycles. The van der Waals surface area contributed by atoms with E-state index >= 15 is 0 Å². The van der Waals surface area contributed by atoms with Crippen LogP contribution in [0.25, 0.3) is 0 Å². The number of likely N-dealkylation sites (N-methyl/N-ethyl adjacent to an activating group) is 1. The van der Waals surface area contributed by atoms with Crippen LogP contribution >= 0.6 is 0 Å². The number of aliphatic hydroxyl groups is 5. The Hall–Kier alpha value is -3.50. The number of nitrogens with two attached hydrogens (primary N) is 1. The van der Waals surface area contributed by atoms with Gasteiger partial charge in [0.05, 0.1) is 23.6 Å². The Morgan fingerprint density at radius 2 is 1.70 bits per heavy atom. The second kappa shape index (κ2) is 10.3. The van der Waals surface area contributed by atoms with Gasteiger partial charge < -0.3 is 36.4 Å². The van der Waals surface area contributed by atoms with E-state index in [2.05, 4.69) is 0 Å². The Bertz CT molecular complexity index is 1510. The Labute approximate surface area is 249 Å². The number of nitrogens with zero attached hydrogens (tertiary/aromatic N) is 2. The van der Waals surface area contributed by atoms with Crippen molar-refractivity contribution in [3.8, 4) is 5.75 Å². The van der Waals surface area contributed by atoms with Crippen LogP contribution in [0.3, 0.4) is 0 Å². The molecule has 0 saturated carbocycles. The zero-order valence-corrected chi connectivity index (χ0v) is 24.1. The molecule has 8 N–H and O–H groups in total. The van der Waals surface area contributed by atoms with Crippen molar-refractivity contribution in [3.05, 3.63) is 51.5 Å². The first-order chi connectivity index (χ1) is 20.3. The third kappa shape index (κ3) is 4.28. The van der Waals surface area contributed by atoms with E-state index in [-0.39, 0.29) is 36.3 Å². The van der Waals surface area contributed by atoms with E-state index in [1.54, 1.807) is 11.8 Å². The molecule has 12 nitrogen and oxygen atoms in total. The van der Waals surface area contributed by atoms with Gasteiger partial charge in [0, 0.05) is 36.7 Å². The third-order valence-corrected chi connectivity index (χ3v) is 9.82. The quantitative estimate of drug-likeness (QED) is 0.230. The lowest BCUT2D eigenvalue weighted by atomic mass is 9.55. The SMILES string of the molecule is C[C@H]1c2ccc(CN3CCC(O)(C(F)(F)F)CC3)c(O)c2C(=O)C2=C(O)[C@]3(O)C(=O)C(C(N)=O)=C(O)[C@@H](N(C)C)[C@@H]3[C@@H](O)[C@@H]21. The first-order valence-corrected chi connectivity index (χ1v) is 14.0. The van der Waals surface area contributed by atoms with Gasteiger partial charge in [-0.15, -0.1) is 0 Å². The summed E-state index contributed by atoms with van der Waals surface area (Å²) in [5.74, 6) is -10.0. The Balaban J connectivity index is 1.57. The number of aromatic hydroxyl groups is 1. The van der Waals surface area contributed by atoms with Crippen LogP contribution in [0, 0.1) is 11.8 Å². The van der Waals surface area contributed by atoms with Crippen LogP contribution in [0.1, 0.15) is 47.2 Å². The molecule has 3 aliphatic carbocycles. The van der Waals surface area contributed by atoms with Gasteiger partial charge in [-0.2, -0.15) is 13.2 Å². The van der Waals surface area contributed by atoms with E-state index in [4.69, 9.17) is 5.73 Å². The molecule has 0 spiro atoms. The number of aliphatic hydroxyl groups excluding tert-OH is 3. The number of likely N-dealkylation sites (tertiary alicyclic amines) is 1. The number of hydrogen-bond acceptors (Lipinski definition) is 11. The predicted molar refractivity (Wildman–Crippen MR) is 145 cm³/mol. The number of amides is 1. The molecule has 1 amide bonds. The molecule has 44 heavy (non-hydrogen) atoms. The molecular formula is C29H34F3N3O9. The highest BCUT2D eigenvalue weighted by Crippen LogP contribution is 2.55. The number of primary amides is 1. The molecule has 0 bridgehead atoms. The fourth-order valence-corrected chi connectivity index (χ4v) is 7.40. The summed E-state index contributed by atoms with van der Waals surface area (Å²) in [7, 11) is 2.88. The van der Waals surface area contributed by atoms with Crippen molar-refractivity contribution in [1.29, 1.82) is 0 Å². The second-order valence-electron chi connectivity index (χ2n) is 12.4. The fraction of sp³-hybridized carbons (Fsp3) is 0.552. The largest absolute Gasteiger partial charge is 0.510 e. The second-order valence-corrected chi connectivity index (χ2v) is 12.4. The van der Waals surface area contributed by atoms with E-state index in [9.17, 15) is 58.2 Å². The highest BCUT2D eigenvalue weighted by Gasteiger charge is 2.67. The molecule has 1 fully saturated rings. The molecule has 15 heteroatoms. The van der Waals surface area contributed by atoms with E-state index in [0.29, 0.717) is 0 Å². The number of hydrogen-bond donors (Lipinski definition) is 7. The summed E-state index contributed by atoms with van der Waals surface area (Å²) < 4.78 is 39.7. The van der Waals surface area contributed by atoms with Gasteiger partial charge in [0.15, 0.2) is 17.0 Å². The first kappa shape index (κ1) is 31.9. The zero-order valence-electron chi connectivity index (χ0n) is 24.1. The predicted octanol–water partition coefficient (Wildman–Crippen LogP) is 0.542. The highest BCUT2D eigenvalue weighted by molar-refractivity contribution is 6.25. The number of fused-ring (bicyclic) bond motifs is 3. The maximum absolute atomic E-state index is 14.0. The minimum atomic E-state index is -4.80. The Morgan fingerprint density at radius 1 is 1.11 bits per heavy atom. The molecule has 5 rings (SSSR count). The normalized spacial score (nSPS) is 32.5. The van der Waals surface area contributed by atoms with Crippen molar-refractivity contribution in [3.63, 3.8) is 0 Å². The average Bonchev–Trinajstić information content (AvgIpc) is 2.92. The molecule has 1 aliphatic heterocycles. The molecule has 4 aliphatic rings. The van der Waals surface area contributed by atoms with E-state index in [1.165, 1.54) is 31.1 Å². The lowest BCUT2D eigenvalue weighted by molar-refractivity contribution is -0.272. The monoisotopic (exact) mass is 625 g/mol. The average molecular weight is 626 g/mol. The van der Waals surface area contributed by atoms with Crippen LogP contribution in [0.5, 0.6) is 5.75 Å². The van der Waals surface area contributed by atoms with Gasteiger partial charge in [0.2, 0.25) is 5.78 Å². The Morgan fingerprint density at radius 3 is 2.23 bits per heavy atom. The number of piperidine rings is 1. The number of carbonyl (C=O) groups is 3. The maximum Gasteiger partial charge on any atom is 0.417 e. The molecule has 1 saturated heterocycles. The van der Waals surface area contributed by atoms with Crippen molar-refractivity contribution in [1.82, 2.24) is 9.80 Å². The first-order valence-electron chi connectivity index (χ1n) is 14.0. The van der Waals surface area contributed by atoms with Gasteiger partial charge in [0.1, 0.15) is 22.8 Å². The number of alkyl halides is 3. The summed E-state index contributed by atoms with van der Waals surface area (Å²) in [4.78, 5) is 42.5. The molecule has 0 radical (unpaired) electrons. The van der Waals surface area contributed by atoms with Crippen molar-refractivity contribution in [2.75, 3.05) is 27.2 Å². The number of phenols is 1. The molecule has 0 unspecified atom stereocenters. The summed E-state index contributed by atoms with van der Waals surface area (Å²) in [6.45, 7) is 1.22. The lowest BCUT2D eigenvalue weighted by Gasteiger charge is -2.53. The number of carbonyl (C=O) groups excluding carboxylic acids is 3. The van der Waals surface area contributed by atoms with Crippen LogP contribution in [0.15, 0.2) is 34.8 Å². The van der Waals surface area contributed by atoms with E-state index < -0.39 is 106 Å². The summed E-state index contributed by atoms with van der Waals surface area (Å²) in [5.41, 5.74) is -1.95. The molecule has 240 valence electrons. The van der Waals surface area contributed by atoms with Crippen LogP contribution in [0.4, 0.5) is 13.2 Å². The minimum Gasteiger partial charge on any atom is -0.510 e. The van der Waals surface area contributed by atoms with Crippen molar-refractivity contribution in [2.45, 2.75) is 61.8 Å². The lowest BCUT2D eigenvalue weighted by Crippen LogP contribution is -2.68. The van der Waals surface area contributed by atoms with Crippen molar-refractivity contribution in [2.24, 2.45) is 17.6 Å². The maximum atomic E-state index is 14.0. The van der Waals surface area contributed by atoms with Crippen LogP contribution in [-0.4, -0.2) is 115 Å². The van der Waals surface area contributed by atoms with Crippen molar-refractivity contribution < 1.29 is 58.2 Å². The summed E-state index contributed by atoms with van der Waals surface area (Å²) in [6, 6.07) is 1.63. The van der Waals surface area contributed by atoms with Crippen molar-refractivity contribution >= 4 is 17.5 Å². The third-order valence-electron chi connectivity index (χ3n) is 9.82. The van der Waals surface area contributed by atoms with Crippen LogP contribution < -0.4 is 5.73 Å². The smallest absolute Gasteiger partial charge is 0.417 e. The topological polar surface area (TPSA) is 205 Å². The molecule has 1 heterocycles. The molecular weight excluding hydrogens is 591 g/mol. The number of rotatable bonds is 4. The number of phenolic OH excluding ortho intramolecular Hbond substituents is 1. The van der Waals surface area contributed by atoms with Crippen LogP contribution in [-0.2, 0) is 16.1 Å².